The number of carbonyl (C=O) groups excluding carboxylic acids is 1. The summed E-state index contributed by atoms with van der Waals surface area (Å²) >= 11 is 0. The van der Waals surface area contributed by atoms with E-state index >= 15 is 0 Å². The van der Waals surface area contributed by atoms with Gasteiger partial charge in [-0.3, -0.25) is 0 Å². The minimum absolute atomic E-state index is 0. The molecule has 0 bridgehead atoms. The Kier molecular flexibility index (Phi) is 6.45. The lowest BCUT2D eigenvalue weighted by Crippen LogP contribution is -2.46. The molecule has 5 nitrogen and oxygen atoms in total. The maximum absolute atomic E-state index is 11.8. The van der Waals surface area contributed by atoms with E-state index in [1.807, 2.05) is 24.3 Å². The highest BCUT2D eigenvalue weighted by Crippen LogP contribution is 2.13. The summed E-state index contributed by atoms with van der Waals surface area (Å²) in [6, 6.07) is 7.52. The number of nitrogens with zero attached hydrogens (tertiary/aromatic N) is 1. The van der Waals surface area contributed by atoms with Crippen LogP contribution in [0.25, 0.3) is 0 Å². The van der Waals surface area contributed by atoms with Gasteiger partial charge in [-0.15, -0.1) is 12.4 Å². The van der Waals surface area contributed by atoms with Crippen molar-refractivity contribution in [1.29, 1.82) is 0 Å². The van der Waals surface area contributed by atoms with Gasteiger partial charge in [0.1, 0.15) is 12.4 Å². The van der Waals surface area contributed by atoms with Crippen LogP contribution in [-0.2, 0) is 11.3 Å². The van der Waals surface area contributed by atoms with Crippen LogP contribution in [0, 0.1) is 0 Å². The van der Waals surface area contributed by atoms with Gasteiger partial charge in [0.15, 0.2) is 0 Å². The zero-order chi connectivity index (χ0) is 12.8. The molecule has 0 saturated carbocycles. The molecule has 1 N–H and O–H groups in total. The Labute approximate surface area is 119 Å². The Balaban J connectivity index is 0.00000180. The van der Waals surface area contributed by atoms with Crippen LogP contribution in [0.5, 0.6) is 5.75 Å². The van der Waals surface area contributed by atoms with Crippen molar-refractivity contribution in [3.63, 3.8) is 0 Å². The normalized spacial score (nSPS) is 14.5. The van der Waals surface area contributed by atoms with Crippen molar-refractivity contribution in [2.45, 2.75) is 6.61 Å². The van der Waals surface area contributed by atoms with E-state index in [0.717, 1.165) is 24.4 Å². The number of methoxy groups -OCH3 is 1. The number of rotatable bonds is 3. The van der Waals surface area contributed by atoms with Crippen molar-refractivity contribution < 1.29 is 14.3 Å². The molecule has 0 unspecified atom stereocenters. The summed E-state index contributed by atoms with van der Waals surface area (Å²) in [5, 5.41) is 3.19. The zero-order valence-corrected chi connectivity index (χ0v) is 11.7. The first-order chi connectivity index (χ1) is 8.79. The van der Waals surface area contributed by atoms with Crippen molar-refractivity contribution in [3.05, 3.63) is 29.8 Å². The fourth-order valence-corrected chi connectivity index (χ4v) is 1.85. The fraction of sp³-hybridized carbons (Fsp3) is 0.462. The quantitative estimate of drug-likeness (QED) is 0.918. The Hall–Kier alpha value is -1.46. The van der Waals surface area contributed by atoms with Crippen molar-refractivity contribution >= 4 is 18.5 Å². The second kappa shape index (κ2) is 7.86. The average Bonchev–Trinajstić information content (AvgIpc) is 2.46. The van der Waals surface area contributed by atoms with Gasteiger partial charge in [0, 0.05) is 26.2 Å². The number of halogens is 1. The molecule has 1 heterocycles. The van der Waals surface area contributed by atoms with Crippen molar-refractivity contribution in [2.24, 2.45) is 0 Å². The minimum Gasteiger partial charge on any atom is -0.497 e. The summed E-state index contributed by atoms with van der Waals surface area (Å²) in [5.41, 5.74) is 0.929. The lowest BCUT2D eigenvalue weighted by atomic mass is 10.2. The third-order valence-electron chi connectivity index (χ3n) is 2.87. The highest BCUT2D eigenvalue weighted by Gasteiger charge is 2.17. The largest absolute Gasteiger partial charge is 0.497 e. The van der Waals surface area contributed by atoms with E-state index in [2.05, 4.69) is 5.32 Å². The zero-order valence-electron chi connectivity index (χ0n) is 10.9. The summed E-state index contributed by atoms with van der Waals surface area (Å²) in [6.45, 7) is 3.34. The summed E-state index contributed by atoms with van der Waals surface area (Å²) in [7, 11) is 1.62. The van der Waals surface area contributed by atoms with Crippen LogP contribution >= 0.6 is 12.4 Å². The van der Waals surface area contributed by atoms with Crippen LogP contribution < -0.4 is 10.1 Å². The number of carbonyl (C=O) groups is 1. The number of ether oxygens (including phenoxy) is 2. The molecule has 1 fully saturated rings. The second-order valence-corrected chi connectivity index (χ2v) is 4.14. The van der Waals surface area contributed by atoms with Gasteiger partial charge in [-0.1, -0.05) is 12.1 Å². The number of hydrogen-bond donors (Lipinski definition) is 1. The average molecular weight is 287 g/mol. The van der Waals surface area contributed by atoms with E-state index in [9.17, 15) is 4.79 Å². The molecule has 1 aliphatic rings. The van der Waals surface area contributed by atoms with Crippen LogP contribution in [0.2, 0.25) is 0 Å². The maximum Gasteiger partial charge on any atom is 0.410 e. The minimum atomic E-state index is -0.251. The van der Waals surface area contributed by atoms with Crippen molar-refractivity contribution in [2.75, 3.05) is 33.3 Å². The topological polar surface area (TPSA) is 50.8 Å². The molecule has 1 amide bonds. The Morgan fingerprint density at radius 1 is 1.37 bits per heavy atom. The van der Waals surface area contributed by atoms with Gasteiger partial charge >= 0.3 is 6.09 Å². The molecule has 1 aromatic rings. The van der Waals surface area contributed by atoms with E-state index < -0.39 is 0 Å². The van der Waals surface area contributed by atoms with E-state index in [1.165, 1.54) is 0 Å². The molecule has 1 saturated heterocycles. The Morgan fingerprint density at radius 3 is 2.79 bits per heavy atom. The van der Waals surface area contributed by atoms with Gasteiger partial charge in [-0.2, -0.15) is 0 Å². The third kappa shape index (κ3) is 4.61. The number of benzene rings is 1. The summed E-state index contributed by atoms with van der Waals surface area (Å²) in [4.78, 5) is 13.5. The molecule has 0 radical (unpaired) electrons. The predicted octanol–water partition coefficient (Wildman–Crippen LogP) is 1.66. The highest BCUT2D eigenvalue weighted by molar-refractivity contribution is 5.85. The van der Waals surface area contributed by atoms with Gasteiger partial charge in [-0.05, 0) is 17.7 Å². The van der Waals surface area contributed by atoms with Gasteiger partial charge in [0.25, 0.3) is 0 Å². The molecule has 0 spiro atoms. The van der Waals surface area contributed by atoms with Crippen LogP contribution in [0.1, 0.15) is 5.56 Å². The molecule has 1 aliphatic heterocycles. The first-order valence-corrected chi connectivity index (χ1v) is 6.05. The van der Waals surface area contributed by atoms with Gasteiger partial charge in [0.2, 0.25) is 0 Å². The summed E-state index contributed by atoms with van der Waals surface area (Å²) in [5.74, 6) is 0.769. The molecule has 106 valence electrons. The van der Waals surface area contributed by atoms with Crippen LogP contribution in [-0.4, -0.2) is 44.3 Å². The lowest BCUT2D eigenvalue weighted by molar-refractivity contribution is 0.0918. The first-order valence-electron chi connectivity index (χ1n) is 6.05. The number of piperazine rings is 1. The van der Waals surface area contributed by atoms with Gasteiger partial charge in [0.05, 0.1) is 7.11 Å². The fourth-order valence-electron chi connectivity index (χ4n) is 1.85. The molecule has 1 aromatic carbocycles. The summed E-state index contributed by atoms with van der Waals surface area (Å²) in [6.07, 6.45) is -0.251. The van der Waals surface area contributed by atoms with Crippen LogP contribution in [0.15, 0.2) is 24.3 Å². The third-order valence-corrected chi connectivity index (χ3v) is 2.87. The summed E-state index contributed by atoms with van der Waals surface area (Å²) < 4.78 is 10.4. The van der Waals surface area contributed by atoms with Crippen molar-refractivity contribution in [1.82, 2.24) is 10.2 Å². The highest BCUT2D eigenvalue weighted by atomic mass is 35.5. The smallest absolute Gasteiger partial charge is 0.410 e. The van der Waals surface area contributed by atoms with Gasteiger partial charge in [-0.25, -0.2) is 4.79 Å². The van der Waals surface area contributed by atoms with E-state index in [1.54, 1.807) is 12.0 Å². The van der Waals surface area contributed by atoms with Crippen LogP contribution in [0.4, 0.5) is 4.79 Å². The Bertz CT molecular complexity index is 409. The first kappa shape index (κ1) is 15.6. The van der Waals surface area contributed by atoms with Crippen molar-refractivity contribution in [3.8, 4) is 5.75 Å². The standard InChI is InChI=1S/C13H18N2O3.ClH/c1-17-12-4-2-3-11(9-12)10-18-13(16)15-7-5-14-6-8-15;/h2-4,9,14H,5-8,10H2,1H3;1H. The molecular weight excluding hydrogens is 268 g/mol. The SMILES string of the molecule is COc1cccc(COC(=O)N2CCNCC2)c1.Cl. The number of nitrogens with one attached hydrogen (secondary N) is 1. The van der Waals surface area contributed by atoms with Crippen LogP contribution in [0.3, 0.4) is 0 Å². The molecular formula is C13H19ClN2O3. The number of hydrogen-bond acceptors (Lipinski definition) is 4. The molecule has 0 atom stereocenters. The maximum atomic E-state index is 11.8. The molecule has 2 rings (SSSR count). The molecule has 19 heavy (non-hydrogen) atoms. The molecule has 0 aromatic heterocycles. The Morgan fingerprint density at radius 2 is 2.11 bits per heavy atom. The molecule has 6 heteroatoms. The predicted molar refractivity (Wildman–Crippen MR) is 74.9 cm³/mol. The van der Waals surface area contributed by atoms with Gasteiger partial charge < -0.3 is 19.7 Å². The molecule has 0 aliphatic carbocycles. The number of amides is 1. The van der Waals surface area contributed by atoms with E-state index in [-0.39, 0.29) is 25.1 Å². The van der Waals surface area contributed by atoms with E-state index in [0.29, 0.717) is 13.1 Å². The van der Waals surface area contributed by atoms with E-state index in [4.69, 9.17) is 9.47 Å². The lowest BCUT2D eigenvalue weighted by Gasteiger charge is -2.26. The monoisotopic (exact) mass is 286 g/mol. The second-order valence-electron chi connectivity index (χ2n) is 4.14.